The van der Waals surface area contributed by atoms with Crippen LogP contribution in [0, 0.1) is 0 Å². The number of rotatable bonds is 9. The smallest absolute Gasteiger partial charge is 0.351 e. The number of aromatic nitrogens is 2. The number of ether oxygens (including phenoxy) is 2. The first kappa shape index (κ1) is 22.8. The van der Waals surface area contributed by atoms with Crippen molar-refractivity contribution in [2.24, 2.45) is 7.05 Å². The minimum absolute atomic E-state index is 0.0646. The van der Waals surface area contributed by atoms with Crippen molar-refractivity contribution in [1.29, 1.82) is 0 Å². The Balaban J connectivity index is 1.75. The molecule has 0 bridgehead atoms. The number of carbonyl (C=O) groups is 1. The number of nitrogens with zero attached hydrogens (tertiary/aromatic N) is 2. The maximum atomic E-state index is 13.2. The SMILES string of the molecule is CCCCOc1c(OCC)nc(=O)n(C)c1C(=O)NC1CCC(c2ccccc2)CC1. The standard InChI is InChI=1S/C24H33N3O4/c1-4-6-16-31-21-20(27(3)24(29)26-23(21)30-5-2)22(28)25-19-14-12-18(13-15-19)17-10-8-7-9-11-17/h7-11,18-19H,4-6,12-16H2,1-3H3,(H,25,28). The molecule has 168 valence electrons. The van der Waals surface area contributed by atoms with Crippen LogP contribution in [0.1, 0.15) is 74.3 Å². The fourth-order valence-corrected chi connectivity index (χ4v) is 4.05. The Kier molecular flexibility index (Phi) is 8.09. The predicted octanol–water partition coefficient (Wildman–Crippen LogP) is 3.81. The summed E-state index contributed by atoms with van der Waals surface area (Å²) in [6.45, 7) is 4.62. The van der Waals surface area contributed by atoms with Crippen molar-refractivity contribution in [2.75, 3.05) is 13.2 Å². The van der Waals surface area contributed by atoms with Crippen molar-refractivity contribution in [3.63, 3.8) is 0 Å². The van der Waals surface area contributed by atoms with Crippen LogP contribution in [0.4, 0.5) is 0 Å². The number of unbranched alkanes of at least 4 members (excludes halogenated alkanes) is 1. The minimum Gasteiger partial charge on any atom is -0.486 e. The van der Waals surface area contributed by atoms with Gasteiger partial charge in [-0.3, -0.25) is 9.36 Å². The van der Waals surface area contributed by atoms with Crippen LogP contribution in [-0.4, -0.2) is 34.7 Å². The summed E-state index contributed by atoms with van der Waals surface area (Å²) in [4.78, 5) is 29.5. The van der Waals surface area contributed by atoms with Gasteiger partial charge in [-0.1, -0.05) is 43.7 Å². The zero-order valence-corrected chi connectivity index (χ0v) is 18.7. The molecule has 1 heterocycles. The molecule has 1 aromatic carbocycles. The Bertz CT molecular complexity index is 918. The second-order valence-corrected chi connectivity index (χ2v) is 8.00. The normalized spacial score (nSPS) is 18.4. The maximum Gasteiger partial charge on any atom is 0.351 e. The molecule has 1 amide bonds. The van der Waals surface area contributed by atoms with Crippen LogP contribution in [-0.2, 0) is 7.05 Å². The summed E-state index contributed by atoms with van der Waals surface area (Å²) >= 11 is 0. The molecule has 2 aromatic rings. The molecule has 1 aliphatic carbocycles. The zero-order chi connectivity index (χ0) is 22.2. The van der Waals surface area contributed by atoms with Crippen LogP contribution in [0.3, 0.4) is 0 Å². The lowest BCUT2D eigenvalue weighted by Crippen LogP contribution is -2.40. The van der Waals surface area contributed by atoms with Crippen molar-refractivity contribution < 1.29 is 14.3 Å². The first-order chi connectivity index (χ1) is 15.0. The van der Waals surface area contributed by atoms with Gasteiger partial charge in [-0.15, -0.1) is 0 Å². The van der Waals surface area contributed by atoms with E-state index in [-0.39, 0.29) is 29.3 Å². The molecule has 3 rings (SSSR count). The second-order valence-electron chi connectivity index (χ2n) is 8.00. The van der Waals surface area contributed by atoms with E-state index in [1.165, 1.54) is 10.1 Å². The second kappa shape index (κ2) is 11.0. The van der Waals surface area contributed by atoms with Crippen molar-refractivity contribution >= 4 is 5.91 Å². The van der Waals surface area contributed by atoms with E-state index in [9.17, 15) is 9.59 Å². The average molecular weight is 428 g/mol. The summed E-state index contributed by atoms with van der Waals surface area (Å²) < 4.78 is 12.6. The highest BCUT2D eigenvalue weighted by molar-refractivity contribution is 5.96. The summed E-state index contributed by atoms with van der Waals surface area (Å²) in [6.07, 6.45) is 5.63. The van der Waals surface area contributed by atoms with E-state index in [0.717, 1.165) is 38.5 Å². The molecule has 0 unspecified atom stereocenters. The fraction of sp³-hybridized carbons (Fsp3) is 0.542. The lowest BCUT2D eigenvalue weighted by molar-refractivity contribution is 0.0908. The van der Waals surface area contributed by atoms with E-state index in [4.69, 9.17) is 9.47 Å². The summed E-state index contributed by atoms with van der Waals surface area (Å²) in [7, 11) is 1.54. The van der Waals surface area contributed by atoms with Crippen LogP contribution in [0.15, 0.2) is 35.1 Å². The number of hydrogen-bond acceptors (Lipinski definition) is 5. The highest BCUT2D eigenvalue weighted by atomic mass is 16.5. The van der Waals surface area contributed by atoms with Gasteiger partial charge in [0, 0.05) is 13.1 Å². The summed E-state index contributed by atoms with van der Waals surface area (Å²) in [6, 6.07) is 10.6. The van der Waals surface area contributed by atoms with E-state index in [1.54, 1.807) is 14.0 Å². The van der Waals surface area contributed by atoms with E-state index in [2.05, 4.69) is 41.5 Å². The van der Waals surface area contributed by atoms with Gasteiger partial charge in [0.25, 0.3) is 11.8 Å². The molecule has 1 aliphatic rings. The number of amides is 1. The Labute approximate surface area is 183 Å². The van der Waals surface area contributed by atoms with Crippen molar-refractivity contribution in [3.8, 4) is 11.6 Å². The molecule has 0 radical (unpaired) electrons. The van der Waals surface area contributed by atoms with Gasteiger partial charge in [-0.2, -0.15) is 4.98 Å². The molecule has 0 saturated heterocycles. The Morgan fingerprint density at radius 2 is 1.84 bits per heavy atom. The number of hydrogen-bond donors (Lipinski definition) is 1. The van der Waals surface area contributed by atoms with Gasteiger partial charge < -0.3 is 14.8 Å². The Morgan fingerprint density at radius 3 is 2.48 bits per heavy atom. The quantitative estimate of drug-likeness (QED) is 0.615. The lowest BCUT2D eigenvalue weighted by Gasteiger charge is -2.29. The molecule has 0 atom stereocenters. The molecular formula is C24H33N3O4. The van der Waals surface area contributed by atoms with Gasteiger partial charge in [0.2, 0.25) is 5.75 Å². The minimum atomic E-state index is -0.538. The van der Waals surface area contributed by atoms with Crippen LogP contribution in [0.25, 0.3) is 0 Å². The molecule has 1 N–H and O–H groups in total. The molecule has 0 spiro atoms. The molecule has 7 heteroatoms. The third-order valence-corrected chi connectivity index (χ3v) is 5.80. The fourth-order valence-electron chi connectivity index (χ4n) is 4.05. The van der Waals surface area contributed by atoms with Crippen LogP contribution < -0.4 is 20.5 Å². The number of carbonyl (C=O) groups excluding carboxylic acids is 1. The first-order valence-electron chi connectivity index (χ1n) is 11.3. The summed E-state index contributed by atoms with van der Waals surface area (Å²) in [5.41, 5.74) is 0.991. The molecule has 1 saturated carbocycles. The first-order valence-corrected chi connectivity index (χ1v) is 11.3. The largest absolute Gasteiger partial charge is 0.486 e. The molecule has 1 aromatic heterocycles. The topological polar surface area (TPSA) is 82.5 Å². The number of benzene rings is 1. The average Bonchev–Trinajstić information content (AvgIpc) is 2.78. The zero-order valence-electron chi connectivity index (χ0n) is 18.7. The molecular weight excluding hydrogens is 394 g/mol. The van der Waals surface area contributed by atoms with Crippen LogP contribution in [0.2, 0.25) is 0 Å². The van der Waals surface area contributed by atoms with Crippen molar-refractivity contribution in [2.45, 2.75) is 64.3 Å². The van der Waals surface area contributed by atoms with Gasteiger partial charge in [0.05, 0.1) is 13.2 Å². The maximum absolute atomic E-state index is 13.2. The van der Waals surface area contributed by atoms with E-state index in [1.807, 2.05) is 6.07 Å². The molecule has 1 fully saturated rings. The molecule has 0 aliphatic heterocycles. The highest BCUT2D eigenvalue weighted by Crippen LogP contribution is 2.33. The van der Waals surface area contributed by atoms with Gasteiger partial charge in [-0.05, 0) is 50.5 Å². The molecule has 7 nitrogen and oxygen atoms in total. The third kappa shape index (κ3) is 5.66. The van der Waals surface area contributed by atoms with Gasteiger partial charge in [0.1, 0.15) is 0 Å². The van der Waals surface area contributed by atoms with Crippen LogP contribution >= 0.6 is 0 Å². The predicted molar refractivity (Wildman–Crippen MR) is 120 cm³/mol. The van der Waals surface area contributed by atoms with Crippen molar-refractivity contribution in [1.82, 2.24) is 14.9 Å². The lowest BCUT2D eigenvalue weighted by atomic mass is 9.82. The van der Waals surface area contributed by atoms with E-state index < -0.39 is 5.69 Å². The van der Waals surface area contributed by atoms with Gasteiger partial charge in [0.15, 0.2) is 5.69 Å². The van der Waals surface area contributed by atoms with E-state index in [0.29, 0.717) is 19.1 Å². The third-order valence-electron chi connectivity index (χ3n) is 5.80. The van der Waals surface area contributed by atoms with Crippen molar-refractivity contribution in [3.05, 3.63) is 52.1 Å². The monoisotopic (exact) mass is 427 g/mol. The summed E-state index contributed by atoms with van der Waals surface area (Å²) in [5, 5.41) is 3.11. The molecule has 31 heavy (non-hydrogen) atoms. The Morgan fingerprint density at radius 1 is 1.13 bits per heavy atom. The van der Waals surface area contributed by atoms with Gasteiger partial charge in [-0.25, -0.2) is 4.79 Å². The Hall–Kier alpha value is -2.83. The van der Waals surface area contributed by atoms with Gasteiger partial charge >= 0.3 is 5.69 Å². The van der Waals surface area contributed by atoms with Crippen LogP contribution in [0.5, 0.6) is 11.6 Å². The number of nitrogens with one attached hydrogen (secondary N) is 1. The highest BCUT2D eigenvalue weighted by Gasteiger charge is 2.28. The summed E-state index contributed by atoms with van der Waals surface area (Å²) in [5.74, 6) is 0.530. The van der Waals surface area contributed by atoms with E-state index >= 15 is 0 Å².